The summed E-state index contributed by atoms with van der Waals surface area (Å²) in [4.78, 5) is 10.6. The number of aromatic nitrogens is 3. The summed E-state index contributed by atoms with van der Waals surface area (Å²) in [6.45, 7) is 2.61. The van der Waals surface area contributed by atoms with Crippen LogP contribution in [0.4, 0.5) is 0 Å². The average Bonchev–Trinajstić information content (AvgIpc) is 2.84. The molecule has 124 valence electrons. The van der Waals surface area contributed by atoms with Gasteiger partial charge >= 0.3 is 5.97 Å². The third-order valence-electron chi connectivity index (χ3n) is 3.14. The van der Waals surface area contributed by atoms with Crippen LogP contribution < -0.4 is 4.74 Å². The molecule has 0 amide bonds. The number of benzene rings is 1. The minimum atomic E-state index is -0.864. The van der Waals surface area contributed by atoms with E-state index in [1.54, 1.807) is 0 Å². The number of carboxylic acids is 1. The van der Waals surface area contributed by atoms with Gasteiger partial charge in [-0.1, -0.05) is 17.8 Å². The quantitative estimate of drug-likeness (QED) is 0.542. The van der Waals surface area contributed by atoms with Gasteiger partial charge in [0.25, 0.3) is 0 Å². The number of halogens is 1. The molecular weight excluding hydrogens is 382 g/mol. The summed E-state index contributed by atoms with van der Waals surface area (Å²) in [5, 5.41) is 17.4. The number of ether oxygens (including phenoxy) is 1. The highest BCUT2D eigenvalue weighted by atomic mass is 79.9. The van der Waals surface area contributed by atoms with E-state index in [-0.39, 0.29) is 5.75 Å². The molecule has 2 rings (SSSR count). The molecule has 1 aromatic heterocycles. The molecule has 0 radical (unpaired) electrons. The van der Waals surface area contributed by atoms with E-state index < -0.39 is 5.97 Å². The minimum absolute atomic E-state index is 0.0173. The zero-order chi connectivity index (χ0) is 16.8. The summed E-state index contributed by atoms with van der Waals surface area (Å²) < 4.78 is 8.53. The molecule has 2 aromatic rings. The molecular formula is C15H18BrN3O3S. The molecule has 0 unspecified atom stereocenters. The highest BCUT2D eigenvalue weighted by Crippen LogP contribution is 2.25. The summed E-state index contributed by atoms with van der Waals surface area (Å²) in [6.07, 6.45) is 1.52. The SMILES string of the molecule is Cc1ccc(OCCCc2nnc(SCC(=O)O)n2C)c(Br)c1. The fourth-order valence-corrected chi connectivity index (χ4v) is 3.21. The van der Waals surface area contributed by atoms with Crippen molar-refractivity contribution in [3.63, 3.8) is 0 Å². The fraction of sp³-hybridized carbons (Fsp3) is 0.400. The Hall–Kier alpha value is -1.54. The number of aryl methyl sites for hydroxylation is 2. The van der Waals surface area contributed by atoms with Crippen molar-refractivity contribution in [2.24, 2.45) is 7.05 Å². The molecule has 23 heavy (non-hydrogen) atoms. The third-order valence-corrected chi connectivity index (χ3v) is 4.76. The lowest BCUT2D eigenvalue weighted by atomic mass is 10.2. The van der Waals surface area contributed by atoms with E-state index in [0.717, 1.165) is 28.9 Å². The number of rotatable bonds is 8. The summed E-state index contributed by atoms with van der Waals surface area (Å²) in [5.41, 5.74) is 1.18. The van der Waals surface area contributed by atoms with Crippen LogP contribution in [0.3, 0.4) is 0 Å². The van der Waals surface area contributed by atoms with Crippen LogP contribution in [0.1, 0.15) is 17.8 Å². The van der Waals surface area contributed by atoms with E-state index in [1.807, 2.05) is 36.7 Å². The summed E-state index contributed by atoms with van der Waals surface area (Å²) in [5.74, 6) is 0.767. The first kappa shape index (κ1) is 17.8. The Balaban J connectivity index is 1.81. The molecule has 1 N–H and O–H groups in total. The number of carbonyl (C=O) groups is 1. The van der Waals surface area contributed by atoms with E-state index in [2.05, 4.69) is 26.1 Å². The van der Waals surface area contributed by atoms with Crippen molar-refractivity contribution in [3.8, 4) is 5.75 Å². The van der Waals surface area contributed by atoms with Gasteiger partial charge in [0.1, 0.15) is 11.6 Å². The predicted octanol–water partition coefficient (Wildman–Crippen LogP) is 3.07. The molecule has 0 aliphatic carbocycles. The van der Waals surface area contributed by atoms with Crippen LogP contribution >= 0.6 is 27.7 Å². The Morgan fingerprint density at radius 3 is 2.91 bits per heavy atom. The third kappa shape index (κ3) is 5.24. The van der Waals surface area contributed by atoms with Crippen LogP contribution in [-0.2, 0) is 18.3 Å². The van der Waals surface area contributed by atoms with Crippen LogP contribution in [-0.4, -0.2) is 38.2 Å². The lowest BCUT2D eigenvalue weighted by Crippen LogP contribution is -2.05. The van der Waals surface area contributed by atoms with Gasteiger partial charge in [-0.05, 0) is 47.0 Å². The first-order valence-electron chi connectivity index (χ1n) is 7.09. The van der Waals surface area contributed by atoms with Gasteiger partial charge < -0.3 is 14.4 Å². The summed E-state index contributed by atoms with van der Waals surface area (Å²) >= 11 is 4.65. The maximum atomic E-state index is 10.6. The van der Waals surface area contributed by atoms with E-state index in [9.17, 15) is 4.79 Å². The monoisotopic (exact) mass is 399 g/mol. The topological polar surface area (TPSA) is 77.2 Å². The smallest absolute Gasteiger partial charge is 0.313 e. The van der Waals surface area contributed by atoms with Crippen molar-refractivity contribution in [3.05, 3.63) is 34.1 Å². The molecule has 6 nitrogen and oxygen atoms in total. The highest BCUT2D eigenvalue weighted by molar-refractivity contribution is 9.10. The maximum absolute atomic E-state index is 10.6. The zero-order valence-corrected chi connectivity index (χ0v) is 15.4. The Morgan fingerprint density at radius 2 is 2.22 bits per heavy atom. The van der Waals surface area contributed by atoms with Gasteiger partial charge in [0.2, 0.25) is 0 Å². The molecule has 0 atom stereocenters. The average molecular weight is 400 g/mol. The van der Waals surface area contributed by atoms with Gasteiger partial charge in [-0.25, -0.2) is 0 Å². The van der Waals surface area contributed by atoms with E-state index in [1.165, 1.54) is 17.3 Å². The van der Waals surface area contributed by atoms with Gasteiger partial charge in [-0.2, -0.15) is 0 Å². The number of nitrogens with zero attached hydrogens (tertiary/aromatic N) is 3. The minimum Gasteiger partial charge on any atom is -0.492 e. The number of hydrogen-bond donors (Lipinski definition) is 1. The first-order chi connectivity index (χ1) is 11.0. The van der Waals surface area contributed by atoms with Crippen molar-refractivity contribution in [2.75, 3.05) is 12.4 Å². The molecule has 1 heterocycles. The van der Waals surface area contributed by atoms with Gasteiger partial charge in [0.15, 0.2) is 5.16 Å². The maximum Gasteiger partial charge on any atom is 0.313 e. The van der Waals surface area contributed by atoms with Crippen molar-refractivity contribution >= 4 is 33.7 Å². The predicted molar refractivity (Wildman–Crippen MR) is 92.1 cm³/mol. The van der Waals surface area contributed by atoms with Crippen LogP contribution in [0, 0.1) is 6.92 Å². The normalized spacial score (nSPS) is 10.7. The van der Waals surface area contributed by atoms with Crippen molar-refractivity contribution in [1.82, 2.24) is 14.8 Å². The first-order valence-corrected chi connectivity index (χ1v) is 8.87. The summed E-state index contributed by atoms with van der Waals surface area (Å²) in [7, 11) is 1.84. The molecule has 0 saturated heterocycles. The molecule has 0 spiro atoms. The summed E-state index contributed by atoms with van der Waals surface area (Å²) in [6, 6.07) is 5.97. The van der Waals surface area contributed by atoms with Crippen LogP contribution in [0.5, 0.6) is 5.75 Å². The Morgan fingerprint density at radius 1 is 1.43 bits per heavy atom. The highest BCUT2D eigenvalue weighted by Gasteiger charge is 2.11. The van der Waals surface area contributed by atoms with Gasteiger partial charge in [0, 0.05) is 13.5 Å². The van der Waals surface area contributed by atoms with E-state index in [4.69, 9.17) is 9.84 Å². The van der Waals surface area contributed by atoms with Gasteiger partial charge in [-0.3, -0.25) is 4.79 Å². The van der Waals surface area contributed by atoms with E-state index in [0.29, 0.717) is 11.8 Å². The van der Waals surface area contributed by atoms with Crippen LogP contribution in [0.15, 0.2) is 27.8 Å². The number of aliphatic carboxylic acids is 1. The number of thioether (sulfide) groups is 1. The fourth-order valence-electron chi connectivity index (χ4n) is 1.95. The van der Waals surface area contributed by atoms with Crippen LogP contribution in [0.25, 0.3) is 0 Å². The Bertz CT molecular complexity index is 691. The molecule has 0 fully saturated rings. The second-order valence-electron chi connectivity index (χ2n) is 5.03. The zero-order valence-electron chi connectivity index (χ0n) is 13.0. The second kappa shape index (κ2) is 8.35. The van der Waals surface area contributed by atoms with E-state index >= 15 is 0 Å². The Labute approximate surface area is 147 Å². The van der Waals surface area contributed by atoms with Crippen molar-refractivity contribution < 1.29 is 14.6 Å². The number of carboxylic acid groups (broad SMARTS) is 1. The standard InChI is InChI=1S/C15H18BrN3O3S/c1-10-5-6-12(11(16)8-10)22-7-3-4-13-17-18-15(19(13)2)23-9-14(20)21/h5-6,8H,3-4,7,9H2,1-2H3,(H,20,21). The molecule has 0 bridgehead atoms. The molecule has 0 aliphatic rings. The number of hydrogen-bond acceptors (Lipinski definition) is 5. The van der Waals surface area contributed by atoms with Crippen LogP contribution in [0.2, 0.25) is 0 Å². The van der Waals surface area contributed by atoms with Gasteiger partial charge in [0.05, 0.1) is 16.8 Å². The molecule has 1 aromatic carbocycles. The Kier molecular flexibility index (Phi) is 6.47. The largest absolute Gasteiger partial charge is 0.492 e. The lowest BCUT2D eigenvalue weighted by Gasteiger charge is -2.08. The molecule has 0 saturated carbocycles. The van der Waals surface area contributed by atoms with Gasteiger partial charge in [-0.15, -0.1) is 10.2 Å². The lowest BCUT2D eigenvalue weighted by molar-refractivity contribution is -0.133. The second-order valence-corrected chi connectivity index (χ2v) is 6.82. The molecule has 8 heteroatoms. The van der Waals surface area contributed by atoms with Crippen molar-refractivity contribution in [1.29, 1.82) is 0 Å². The van der Waals surface area contributed by atoms with Crippen molar-refractivity contribution in [2.45, 2.75) is 24.9 Å². The molecule has 0 aliphatic heterocycles.